The number of rotatable bonds is 6. The van der Waals surface area contributed by atoms with Crippen LogP contribution in [0.4, 0.5) is 13.2 Å². The minimum atomic E-state index is -4.44. The van der Waals surface area contributed by atoms with Crippen molar-refractivity contribution < 1.29 is 27.1 Å². The summed E-state index contributed by atoms with van der Waals surface area (Å²) in [7, 11) is 1.60. The van der Waals surface area contributed by atoms with Crippen LogP contribution < -0.4 is 9.47 Å². The summed E-state index contributed by atoms with van der Waals surface area (Å²) in [5.74, 6) is 1.70. The van der Waals surface area contributed by atoms with Crippen LogP contribution in [0.5, 0.6) is 11.5 Å². The van der Waals surface area contributed by atoms with Gasteiger partial charge in [-0.1, -0.05) is 18.2 Å². The molecule has 0 amide bonds. The molecule has 0 saturated carbocycles. The van der Waals surface area contributed by atoms with Gasteiger partial charge in [-0.05, 0) is 60.2 Å². The van der Waals surface area contributed by atoms with Gasteiger partial charge >= 0.3 is 6.18 Å². The first-order chi connectivity index (χ1) is 14.9. The summed E-state index contributed by atoms with van der Waals surface area (Å²) in [6.45, 7) is 0.367. The molecular weight excluding hydrogens is 409 g/mol. The second-order valence-electron chi connectivity index (χ2n) is 6.65. The molecule has 1 aromatic heterocycles. The molecule has 0 aliphatic rings. The quantitative estimate of drug-likeness (QED) is 0.378. The lowest BCUT2D eigenvalue weighted by atomic mass is 10.1. The lowest BCUT2D eigenvalue weighted by molar-refractivity contribution is -0.137. The second-order valence-corrected chi connectivity index (χ2v) is 6.65. The number of hydrogen-bond donors (Lipinski definition) is 0. The minimum absolute atomic E-state index is 0.0213. The molecule has 5 nitrogen and oxygen atoms in total. The summed E-state index contributed by atoms with van der Waals surface area (Å²) in [6.07, 6.45) is -4.44. The Bertz CT molecular complexity index is 1150. The van der Waals surface area contributed by atoms with Crippen molar-refractivity contribution in [2.45, 2.75) is 12.8 Å². The molecule has 0 spiro atoms. The van der Waals surface area contributed by atoms with Crippen molar-refractivity contribution in [3.63, 3.8) is 0 Å². The molecule has 0 unspecified atom stereocenters. The Morgan fingerprint density at radius 3 is 2.10 bits per heavy atom. The number of halogens is 3. The monoisotopic (exact) mass is 426 g/mol. The maximum Gasteiger partial charge on any atom is 0.416 e. The van der Waals surface area contributed by atoms with Crippen molar-refractivity contribution >= 4 is 0 Å². The number of alkyl halides is 3. The van der Waals surface area contributed by atoms with Crippen molar-refractivity contribution in [1.82, 2.24) is 10.2 Å². The molecule has 3 aromatic carbocycles. The first kappa shape index (κ1) is 20.5. The average Bonchev–Trinajstić information content (AvgIpc) is 3.28. The first-order valence-corrected chi connectivity index (χ1v) is 9.30. The largest absolute Gasteiger partial charge is 0.497 e. The molecule has 0 saturated heterocycles. The smallest absolute Gasteiger partial charge is 0.416 e. The molecule has 1 heterocycles. The molecule has 158 valence electrons. The number of nitrogens with zero attached hydrogens (tertiary/aromatic N) is 2. The van der Waals surface area contributed by atoms with Crippen LogP contribution in [0.1, 0.15) is 11.1 Å². The van der Waals surface area contributed by atoms with E-state index in [1.165, 1.54) is 12.1 Å². The van der Waals surface area contributed by atoms with E-state index in [9.17, 15) is 13.2 Å². The first-order valence-electron chi connectivity index (χ1n) is 9.30. The van der Waals surface area contributed by atoms with E-state index in [0.29, 0.717) is 17.9 Å². The SMILES string of the molecule is COc1ccc(OCc2ccc(-c3nnc(-c4cccc(C(F)(F)F)c4)o3)cc2)cc1. The topological polar surface area (TPSA) is 57.4 Å². The van der Waals surface area contributed by atoms with Gasteiger partial charge in [-0.3, -0.25) is 0 Å². The molecule has 0 fully saturated rings. The number of benzene rings is 3. The molecule has 31 heavy (non-hydrogen) atoms. The number of methoxy groups -OCH3 is 1. The maximum atomic E-state index is 12.9. The van der Waals surface area contributed by atoms with Crippen LogP contribution in [-0.2, 0) is 12.8 Å². The molecule has 0 bridgehead atoms. The van der Waals surface area contributed by atoms with Crippen molar-refractivity contribution in [2.75, 3.05) is 7.11 Å². The van der Waals surface area contributed by atoms with Crippen LogP contribution in [0.25, 0.3) is 22.9 Å². The summed E-state index contributed by atoms with van der Waals surface area (Å²) < 4.78 is 55.2. The van der Waals surface area contributed by atoms with Crippen LogP contribution in [-0.4, -0.2) is 17.3 Å². The van der Waals surface area contributed by atoms with Gasteiger partial charge in [-0.25, -0.2) is 0 Å². The zero-order valence-corrected chi connectivity index (χ0v) is 16.4. The van der Waals surface area contributed by atoms with Gasteiger partial charge in [-0.15, -0.1) is 10.2 Å². The zero-order valence-electron chi connectivity index (χ0n) is 16.4. The molecule has 0 N–H and O–H groups in total. The average molecular weight is 426 g/mol. The standard InChI is InChI=1S/C23H17F3N2O3/c1-29-19-9-11-20(12-10-19)30-14-15-5-7-16(8-6-15)21-27-28-22(31-21)17-3-2-4-18(13-17)23(24,25)26/h2-13H,14H2,1H3. The van der Waals surface area contributed by atoms with Crippen molar-refractivity contribution in [2.24, 2.45) is 0 Å². The third kappa shape index (κ3) is 4.85. The van der Waals surface area contributed by atoms with Crippen LogP contribution in [0.3, 0.4) is 0 Å². The van der Waals surface area contributed by atoms with Crippen LogP contribution >= 0.6 is 0 Å². The van der Waals surface area contributed by atoms with Crippen molar-refractivity contribution in [1.29, 1.82) is 0 Å². The van der Waals surface area contributed by atoms with Gasteiger partial charge in [0.15, 0.2) is 0 Å². The fourth-order valence-electron chi connectivity index (χ4n) is 2.87. The van der Waals surface area contributed by atoms with E-state index in [1.807, 2.05) is 36.4 Å². The fourth-order valence-corrected chi connectivity index (χ4v) is 2.87. The second kappa shape index (κ2) is 8.51. The third-order valence-electron chi connectivity index (χ3n) is 4.53. The number of hydrogen-bond acceptors (Lipinski definition) is 5. The van der Waals surface area contributed by atoms with E-state index in [4.69, 9.17) is 13.9 Å². The fraction of sp³-hybridized carbons (Fsp3) is 0.130. The van der Waals surface area contributed by atoms with Crippen molar-refractivity contribution in [3.8, 4) is 34.4 Å². The van der Waals surface area contributed by atoms with Gasteiger partial charge in [0.25, 0.3) is 0 Å². The molecule has 4 rings (SSSR count). The summed E-state index contributed by atoms with van der Waals surface area (Å²) in [5, 5.41) is 7.83. The highest BCUT2D eigenvalue weighted by molar-refractivity contribution is 5.59. The van der Waals surface area contributed by atoms with E-state index in [2.05, 4.69) is 10.2 Å². The highest BCUT2D eigenvalue weighted by atomic mass is 19.4. The predicted octanol–water partition coefficient (Wildman–Crippen LogP) is 6.01. The van der Waals surface area contributed by atoms with Gasteiger partial charge in [0.1, 0.15) is 18.1 Å². The molecule has 4 aromatic rings. The van der Waals surface area contributed by atoms with E-state index < -0.39 is 11.7 Å². The van der Waals surface area contributed by atoms with Gasteiger partial charge in [0.05, 0.1) is 12.7 Å². The Labute approximate surface area is 176 Å². The Balaban J connectivity index is 1.44. The normalized spacial score (nSPS) is 11.4. The van der Waals surface area contributed by atoms with Gasteiger partial charge in [-0.2, -0.15) is 13.2 Å². The summed E-state index contributed by atoms with van der Waals surface area (Å²) in [4.78, 5) is 0. The van der Waals surface area contributed by atoms with Gasteiger partial charge < -0.3 is 13.9 Å². The van der Waals surface area contributed by atoms with E-state index in [-0.39, 0.29) is 17.3 Å². The Morgan fingerprint density at radius 1 is 0.806 bits per heavy atom. The van der Waals surface area contributed by atoms with Crippen molar-refractivity contribution in [3.05, 3.63) is 83.9 Å². The zero-order chi connectivity index (χ0) is 21.8. The summed E-state index contributed by atoms with van der Waals surface area (Å²) in [5.41, 5.74) is 1.01. The van der Waals surface area contributed by atoms with Gasteiger partial charge in [0.2, 0.25) is 11.8 Å². The molecule has 0 aliphatic carbocycles. The molecule has 0 atom stereocenters. The van der Waals surface area contributed by atoms with Crippen LogP contribution in [0.15, 0.2) is 77.2 Å². The van der Waals surface area contributed by atoms with Gasteiger partial charge in [0, 0.05) is 11.1 Å². The van der Waals surface area contributed by atoms with Crippen LogP contribution in [0, 0.1) is 0 Å². The lowest BCUT2D eigenvalue weighted by Gasteiger charge is -2.07. The molecule has 0 radical (unpaired) electrons. The summed E-state index contributed by atoms with van der Waals surface area (Å²) in [6, 6.07) is 19.3. The molecular formula is C23H17F3N2O3. The lowest BCUT2D eigenvalue weighted by Crippen LogP contribution is -2.04. The Morgan fingerprint density at radius 2 is 1.45 bits per heavy atom. The van der Waals surface area contributed by atoms with E-state index in [0.717, 1.165) is 23.4 Å². The summed E-state index contributed by atoms with van der Waals surface area (Å²) >= 11 is 0. The molecule has 8 heteroatoms. The Kier molecular flexibility index (Phi) is 5.62. The van der Waals surface area contributed by atoms with Crippen LogP contribution in [0.2, 0.25) is 0 Å². The van der Waals surface area contributed by atoms with E-state index >= 15 is 0 Å². The van der Waals surface area contributed by atoms with E-state index in [1.54, 1.807) is 19.2 Å². The number of ether oxygens (including phenoxy) is 2. The number of aromatic nitrogens is 2. The Hall–Kier alpha value is -3.81. The maximum absolute atomic E-state index is 12.9. The molecule has 0 aliphatic heterocycles. The predicted molar refractivity (Wildman–Crippen MR) is 107 cm³/mol. The minimum Gasteiger partial charge on any atom is -0.497 e. The highest BCUT2D eigenvalue weighted by Gasteiger charge is 2.30. The highest BCUT2D eigenvalue weighted by Crippen LogP contribution is 2.32. The third-order valence-corrected chi connectivity index (χ3v) is 4.53.